The molecule has 0 aliphatic rings. The number of carbonyl (C=O) groups is 1. The van der Waals surface area contributed by atoms with Gasteiger partial charge in [-0.25, -0.2) is 9.78 Å². The molecular weight excluding hydrogens is 278 g/mol. The van der Waals surface area contributed by atoms with E-state index in [4.69, 9.17) is 0 Å². The van der Waals surface area contributed by atoms with Crippen LogP contribution in [0.2, 0.25) is 0 Å². The fourth-order valence-electron chi connectivity index (χ4n) is 1.87. The van der Waals surface area contributed by atoms with Gasteiger partial charge in [0.05, 0.1) is 5.56 Å². The van der Waals surface area contributed by atoms with E-state index in [1.54, 1.807) is 11.3 Å². The predicted octanol–water partition coefficient (Wildman–Crippen LogP) is 3.79. The van der Waals surface area contributed by atoms with Gasteiger partial charge in [-0.2, -0.15) is 11.3 Å². The molecule has 1 N–H and O–H groups in total. The topological polar surface area (TPSA) is 50.2 Å². The highest BCUT2D eigenvalue weighted by Gasteiger charge is 2.15. The Balaban J connectivity index is 2.12. The van der Waals surface area contributed by atoms with E-state index in [0.717, 1.165) is 23.4 Å². The summed E-state index contributed by atoms with van der Waals surface area (Å²) in [5.74, 6) is -0.0598. The van der Waals surface area contributed by atoms with Gasteiger partial charge in [0, 0.05) is 11.4 Å². The zero-order valence-electron chi connectivity index (χ0n) is 10.8. The molecule has 0 aliphatic heterocycles. The lowest BCUT2D eigenvalue weighted by molar-refractivity contribution is 0.0691. The highest BCUT2D eigenvalue weighted by molar-refractivity contribution is 7.99. The predicted molar refractivity (Wildman–Crippen MR) is 79.4 cm³/mol. The smallest absolute Gasteiger partial charge is 0.338 e. The van der Waals surface area contributed by atoms with Crippen molar-refractivity contribution in [2.75, 3.05) is 5.75 Å². The van der Waals surface area contributed by atoms with Gasteiger partial charge in [0.15, 0.2) is 0 Å². The molecule has 0 fully saturated rings. The molecular formula is C14H15NO2S2. The van der Waals surface area contributed by atoms with Gasteiger partial charge in [-0.3, -0.25) is 0 Å². The standard InChI is InChI=1S/C14H15NO2S2/c1-9-7-10(2)15-13(12(9)14(16)17)19-6-4-11-3-5-18-8-11/h3,5,7-8H,4,6H2,1-2H3,(H,16,17). The molecule has 3 nitrogen and oxygen atoms in total. The van der Waals surface area contributed by atoms with Gasteiger partial charge in [-0.05, 0) is 54.3 Å². The van der Waals surface area contributed by atoms with E-state index in [0.29, 0.717) is 10.6 Å². The van der Waals surface area contributed by atoms with Crippen molar-refractivity contribution in [1.29, 1.82) is 0 Å². The summed E-state index contributed by atoms with van der Waals surface area (Å²) in [5.41, 5.74) is 3.26. The molecule has 0 unspecified atom stereocenters. The van der Waals surface area contributed by atoms with E-state index in [2.05, 4.69) is 21.8 Å². The number of nitrogens with zero attached hydrogens (tertiary/aromatic N) is 1. The van der Waals surface area contributed by atoms with Crippen LogP contribution in [0.5, 0.6) is 0 Å². The van der Waals surface area contributed by atoms with E-state index in [-0.39, 0.29) is 0 Å². The molecule has 19 heavy (non-hydrogen) atoms. The average Bonchev–Trinajstić information content (AvgIpc) is 2.80. The normalized spacial score (nSPS) is 10.6. The molecule has 0 saturated heterocycles. The number of carboxylic acid groups (broad SMARTS) is 1. The Morgan fingerprint density at radius 1 is 1.47 bits per heavy atom. The Kier molecular flexibility index (Phi) is 4.61. The maximum Gasteiger partial charge on any atom is 0.338 e. The maximum atomic E-state index is 11.3. The van der Waals surface area contributed by atoms with Gasteiger partial charge in [-0.15, -0.1) is 11.8 Å². The van der Waals surface area contributed by atoms with Crippen LogP contribution in [-0.4, -0.2) is 21.8 Å². The zero-order chi connectivity index (χ0) is 13.8. The van der Waals surface area contributed by atoms with Crippen LogP contribution in [0.4, 0.5) is 0 Å². The first-order chi connectivity index (χ1) is 9.08. The second kappa shape index (κ2) is 6.21. The molecule has 0 aliphatic carbocycles. The first kappa shape index (κ1) is 14.1. The number of hydrogen-bond acceptors (Lipinski definition) is 4. The number of aromatic carboxylic acids is 1. The zero-order valence-corrected chi connectivity index (χ0v) is 12.5. The van der Waals surface area contributed by atoms with Crippen molar-refractivity contribution >= 4 is 29.1 Å². The second-order valence-corrected chi connectivity index (χ2v) is 6.16. The molecule has 0 spiro atoms. The van der Waals surface area contributed by atoms with Crippen molar-refractivity contribution in [3.63, 3.8) is 0 Å². The lowest BCUT2D eigenvalue weighted by Crippen LogP contribution is -2.06. The highest BCUT2D eigenvalue weighted by atomic mass is 32.2. The third-order valence-electron chi connectivity index (χ3n) is 2.73. The molecule has 0 saturated carbocycles. The molecule has 0 atom stereocenters. The summed E-state index contributed by atoms with van der Waals surface area (Å²) in [6.45, 7) is 3.71. The van der Waals surface area contributed by atoms with E-state index >= 15 is 0 Å². The number of pyridine rings is 1. The Hall–Kier alpha value is -1.33. The minimum Gasteiger partial charge on any atom is -0.478 e. The summed E-state index contributed by atoms with van der Waals surface area (Å²) < 4.78 is 0. The van der Waals surface area contributed by atoms with E-state index in [1.165, 1.54) is 17.3 Å². The molecule has 2 rings (SSSR count). The molecule has 0 bridgehead atoms. The van der Waals surface area contributed by atoms with E-state index < -0.39 is 5.97 Å². The third-order valence-corrected chi connectivity index (χ3v) is 4.44. The summed E-state index contributed by atoms with van der Waals surface area (Å²) in [6.07, 6.45) is 0.932. The van der Waals surface area contributed by atoms with Gasteiger partial charge >= 0.3 is 5.97 Å². The Morgan fingerprint density at radius 2 is 2.26 bits per heavy atom. The number of carboxylic acids is 1. The Bertz CT molecular complexity index is 579. The van der Waals surface area contributed by atoms with Gasteiger partial charge in [-0.1, -0.05) is 0 Å². The summed E-state index contributed by atoms with van der Waals surface area (Å²) in [4.78, 5) is 15.7. The molecule has 0 amide bonds. The number of thiophene rings is 1. The minimum atomic E-state index is -0.900. The van der Waals surface area contributed by atoms with Crippen LogP contribution in [-0.2, 0) is 6.42 Å². The molecule has 0 radical (unpaired) electrons. The Morgan fingerprint density at radius 3 is 2.89 bits per heavy atom. The SMILES string of the molecule is Cc1cc(C)c(C(=O)O)c(SCCc2ccsc2)n1. The fraction of sp³-hybridized carbons (Fsp3) is 0.286. The Labute approximate surface area is 120 Å². The average molecular weight is 293 g/mol. The molecule has 2 heterocycles. The summed E-state index contributed by atoms with van der Waals surface area (Å²) in [6, 6.07) is 3.91. The minimum absolute atomic E-state index is 0.334. The third kappa shape index (κ3) is 3.58. The number of aromatic nitrogens is 1. The highest BCUT2D eigenvalue weighted by Crippen LogP contribution is 2.25. The summed E-state index contributed by atoms with van der Waals surface area (Å²) >= 11 is 3.19. The first-order valence-corrected chi connectivity index (χ1v) is 7.86. The van der Waals surface area contributed by atoms with Crippen LogP contribution < -0.4 is 0 Å². The summed E-state index contributed by atoms with van der Waals surface area (Å²) in [7, 11) is 0. The van der Waals surface area contributed by atoms with Crippen molar-refractivity contribution in [3.8, 4) is 0 Å². The van der Waals surface area contributed by atoms with Crippen LogP contribution in [0.1, 0.15) is 27.2 Å². The lowest BCUT2D eigenvalue weighted by atomic mass is 10.1. The number of thioether (sulfide) groups is 1. The molecule has 0 aromatic carbocycles. The van der Waals surface area contributed by atoms with Crippen LogP contribution in [0, 0.1) is 13.8 Å². The van der Waals surface area contributed by atoms with Crippen LogP contribution in [0.3, 0.4) is 0 Å². The summed E-state index contributed by atoms with van der Waals surface area (Å²) in [5, 5.41) is 14.1. The number of hydrogen-bond donors (Lipinski definition) is 1. The van der Waals surface area contributed by atoms with Crippen molar-refractivity contribution in [3.05, 3.63) is 45.3 Å². The van der Waals surface area contributed by atoms with Crippen LogP contribution >= 0.6 is 23.1 Å². The van der Waals surface area contributed by atoms with Crippen molar-refractivity contribution in [2.45, 2.75) is 25.3 Å². The number of aryl methyl sites for hydroxylation is 3. The van der Waals surface area contributed by atoms with Crippen molar-refractivity contribution in [1.82, 2.24) is 4.98 Å². The van der Waals surface area contributed by atoms with Crippen molar-refractivity contribution < 1.29 is 9.90 Å². The largest absolute Gasteiger partial charge is 0.478 e. The van der Waals surface area contributed by atoms with Crippen molar-refractivity contribution in [2.24, 2.45) is 0 Å². The van der Waals surface area contributed by atoms with Crippen LogP contribution in [0.15, 0.2) is 27.9 Å². The molecule has 2 aromatic heterocycles. The monoisotopic (exact) mass is 293 g/mol. The molecule has 2 aromatic rings. The molecule has 5 heteroatoms. The quantitative estimate of drug-likeness (QED) is 0.852. The first-order valence-electron chi connectivity index (χ1n) is 5.93. The number of rotatable bonds is 5. The molecule has 100 valence electrons. The lowest BCUT2D eigenvalue weighted by Gasteiger charge is -2.09. The van der Waals surface area contributed by atoms with E-state index in [9.17, 15) is 9.90 Å². The second-order valence-electron chi connectivity index (χ2n) is 4.30. The van der Waals surface area contributed by atoms with Gasteiger partial charge < -0.3 is 5.11 Å². The fourth-order valence-corrected chi connectivity index (χ4v) is 3.70. The maximum absolute atomic E-state index is 11.3. The van der Waals surface area contributed by atoms with E-state index in [1.807, 2.05) is 19.9 Å². The van der Waals surface area contributed by atoms with Crippen LogP contribution in [0.25, 0.3) is 0 Å². The van der Waals surface area contributed by atoms with Gasteiger partial charge in [0.1, 0.15) is 5.03 Å². The van der Waals surface area contributed by atoms with Gasteiger partial charge in [0.2, 0.25) is 0 Å². The van der Waals surface area contributed by atoms with Gasteiger partial charge in [0.25, 0.3) is 0 Å².